The lowest BCUT2D eigenvalue weighted by molar-refractivity contribution is -0.136. The average Bonchev–Trinajstić information content (AvgIpc) is 3.02. The Morgan fingerprint density at radius 3 is 2.70 bits per heavy atom. The average molecular weight is 271 g/mol. The summed E-state index contributed by atoms with van der Waals surface area (Å²) in [6.07, 6.45) is 1.53. The van der Waals surface area contributed by atoms with Crippen LogP contribution in [-0.2, 0) is 9.63 Å². The summed E-state index contributed by atoms with van der Waals surface area (Å²) in [6, 6.07) is 9.64. The van der Waals surface area contributed by atoms with Gasteiger partial charge >= 0.3 is 5.97 Å². The highest BCUT2D eigenvalue weighted by Gasteiger charge is 2.22. The second kappa shape index (κ2) is 4.77. The number of carbonyl (C=O) groups excluding carboxylic acids is 1. The van der Waals surface area contributed by atoms with Crippen LogP contribution < -0.4 is 0 Å². The van der Waals surface area contributed by atoms with Crippen molar-refractivity contribution in [2.75, 3.05) is 0 Å². The molecule has 2 aromatic rings. The van der Waals surface area contributed by atoms with Gasteiger partial charge in [0.05, 0.1) is 16.8 Å². The highest BCUT2D eigenvalue weighted by Crippen LogP contribution is 2.26. The first-order valence-electron chi connectivity index (χ1n) is 5.98. The van der Waals surface area contributed by atoms with Crippen LogP contribution in [0.15, 0.2) is 51.5 Å². The minimum Gasteiger partial charge on any atom is -0.457 e. The topological polar surface area (TPSA) is 51.8 Å². The van der Waals surface area contributed by atoms with Crippen LogP contribution in [0, 0.1) is 5.82 Å². The maximum Gasteiger partial charge on any atom is 0.367 e. The molecule has 0 N–H and O–H groups in total. The number of halogens is 1. The van der Waals surface area contributed by atoms with E-state index in [1.807, 2.05) is 0 Å². The molecule has 0 bridgehead atoms. The predicted molar refractivity (Wildman–Crippen MR) is 71.3 cm³/mol. The van der Waals surface area contributed by atoms with E-state index >= 15 is 0 Å². The van der Waals surface area contributed by atoms with Crippen molar-refractivity contribution in [1.82, 2.24) is 0 Å². The molecular weight excluding hydrogens is 261 g/mol. The smallest absolute Gasteiger partial charge is 0.367 e. The Morgan fingerprint density at radius 2 is 2.00 bits per heavy atom. The monoisotopic (exact) mass is 271 g/mol. The first-order chi connectivity index (χ1) is 9.65. The van der Waals surface area contributed by atoms with E-state index in [1.165, 1.54) is 12.1 Å². The summed E-state index contributed by atoms with van der Waals surface area (Å²) < 4.78 is 19.2. The minimum atomic E-state index is -0.522. The van der Waals surface area contributed by atoms with Gasteiger partial charge in [0.1, 0.15) is 17.3 Å². The number of hydrogen-bond donors (Lipinski definition) is 0. The molecule has 0 aliphatic carbocycles. The molecular formula is C15H10FNO3. The van der Waals surface area contributed by atoms with Gasteiger partial charge in [0.2, 0.25) is 0 Å². The summed E-state index contributed by atoms with van der Waals surface area (Å²) in [7, 11) is 0. The van der Waals surface area contributed by atoms with Crippen molar-refractivity contribution in [3.8, 4) is 11.3 Å². The third kappa shape index (κ3) is 2.14. The van der Waals surface area contributed by atoms with Gasteiger partial charge in [-0.2, -0.15) is 0 Å². The standard InChI is InChI=1S/C15H10FNO3/c1-9-12(15(18)20-17-9)8-10-6-7-14(19-10)11-4-2-3-5-13(11)16/h2-8H,1H3. The van der Waals surface area contributed by atoms with Gasteiger partial charge in [-0.1, -0.05) is 17.3 Å². The van der Waals surface area contributed by atoms with Gasteiger partial charge < -0.3 is 9.25 Å². The normalized spacial score (nSPS) is 16.4. The molecule has 1 aromatic carbocycles. The quantitative estimate of drug-likeness (QED) is 0.621. The van der Waals surface area contributed by atoms with Gasteiger partial charge in [0, 0.05) is 0 Å². The Hall–Kier alpha value is -2.69. The van der Waals surface area contributed by atoms with Crippen molar-refractivity contribution in [3.63, 3.8) is 0 Å². The van der Waals surface area contributed by atoms with Crippen LogP contribution in [0.25, 0.3) is 17.4 Å². The maximum absolute atomic E-state index is 13.6. The van der Waals surface area contributed by atoms with Crippen LogP contribution in [0.3, 0.4) is 0 Å². The largest absolute Gasteiger partial charge is 0.457 e. The maximum atomic E-state index is 13.6. The van der Waals surface area contributed by atoms with Gasteiger partial charge in [-0.3, -0.25) is 0 Å². The van der Waals surface area contributed by atoms with E-state index in [0.717, 1.165) is 0 Å². The van der Waals surface area contributed by atoms with Crippen molar-refractivity contribution in [3.05, 3.63) is 53.5 Å². The van der Waals surface area contributed by atoms with E-state index in [4.69, 9.17) is 4.42 Å². The molecule has 0 amide bonds. The predicted octanol–water partition coefficient (Wildman–Crippen LogP) is 3.40. The van der Waals surface area contributed by atoms with Gasteiger partial charge in [0.25, 0.3) is 0 Å². The zero-order valence-corrected chi connectivity index (χ0v) is 10.6. The molecule has 2 heterocycles. The molecule has 20 heavy (non-hydrogen) atoms. The summed E-state index contributed by atoms with van der Waals surface area (Å²) in [5.41, 5.74) is 1.19. The summed E-state index contributed by atoms with van der Waals surface area (Å²) in [5.74, 6) is -0.0482. The zero-order valence-electron chi connectivity index (χ0n) is 10.6. The van der Waals surface area contributed by atoms with Crippen LogP contribution in [-0.4, -0.2) is 11.7 Å². The Bertz CT molecular complexity index is 743. The molecule has 0 atom stereocenters. The first-order valence-corrected chi connectivity index (χ1v) is 5.98. The van der Waals surface area contributed by atoms with Crippen LogP contribution in [0.1, 0.15) is 12.7 Å². The van der Waals surface area contributed by atoms with Crippen molar-refractivity contribution < 1.29 is 18.4 Å². The Balaban J connectivity index is 1.96. The summed E-state index contributed by atoms with van der Waals surface area (Å²) in [5, 5.41) is 3.57. The van der Waals surface area contributed by atoms with Crippen LogP contribution in [0.4, 0.5) is 4.39 Å². The van der Waals surface area contributed by atoms with Crippen molar-refractivity contribution >= 4 is 17.8 Å². The molecule has 3 rings (SSSR count). The number of hydrogen-bond acceptors (Lipinski definition) is 4. The van der Waals surface area contributed by atoms with Crippen LogP contribution in [0.5, 0.6) is 0 Å². The molecule has 1 aliphatic heterocycles. The molecule has 0 spiro atoms. The van der Waals surface area contributed by atoms with Gasteiger partial charge in [-0.15, -0.1) is 0 Å². The summed E-state index contributed by atoms with van der Waals surface area (Å²) in [6.45, 7) is 1.66. The lowest BCUT2D eigenvalue weighted by Gasteiger charge is -1.98. The fourth-order valence-electron chi connectivity index (χ4n) is 1.90. The van der Waals surface area contributed by atoms with Gasteiger partial charge in [0.15, 0.2) is 0 Å². The van der Waals surface area contributed by atoms with Crippen LogP contribution in [0.2, 0.25) is 0 Å². The van der Waals surface area contributed by atoms with E-state index in [1.54, 1.807) is 37.3 Å². The van der Waals surface area contributed by atoms with Crippen molar-refractivity contribution in [1.29, 1.82) is 0 Å². The SMILES string of the molecule is CC1=NOC(=O)C1=Cc1ccc(-c2ccccc2F)o1. The summed E-state index contributed by atoms with van der Waals surface area (Å²) in [4.78, 5) is 16.0. The lowest BCUT2D eigenvalue weighted by Crippen LogP contribution is -2.01. The molecule has 0 radical (unpaired) electrons. The molecule has 0 saturated carbocycles. The third-order valence-electron chi connectivity index (χ3n) is 2.93. The van der Waals surface area contributed by atoms with Gasteiger partial charge in [-0.25, -0.2) is 9.18 Å². The van der Waals surface area contributed by atoms with Crippen LogP contribution >= 0.6 is 0 Å². The van der Waals surface area contributed by atoms with Crippen molar-refractivity contribution in [2.24, 2.45) is 5.16 Å². The number of carbonyl (C=O) groups is 1. The first kappa shape index (κ1) is 12.3. The fourth-order valence-corrected chi connectivity index (χ4v) is 1.90. The van der Waals surface area contributed by atoms with Gasteiger partial charge in [-0.05, 0) is 37.3 Å². The summed E-state index contributed by atoms with van der Waals surface area (Å²) >= 11 is 0. The highest BCUT2D eigenvalue weighted by atomic mass is 19.1. The van der Waals surface area contributed by atoms with E-state index in [9.17, 15) is 9.18 Å². The molecule has 5 heteroatoms. The third-order valence-corrected chi connectivity index (χ3v) is 2.93. The second-order valence-corrected chi connectivity index (χ2v) is 4.30. The number of oxime groups is 1. The Labute approximate surface area is 114 Å². The molecule has 1 aromatic heterocycles. The van der Waals surface area contributed by atoms with E-state index in [-0.39, 0.29) is 5.82 Å². The molecule has 100 valence electrons. The zero-order chi connectivity index (χ0) is 14.1. The van der Waals surface area contributed by atoms with Crippen molar-refractivity contribution in [2.45, 2.75) is 6.92 Å². The Morgan fingerprint density at radius 1 is 1.20 bits per heavy atom. The van der Waals surface area contributed by atoms with E-state index in [0.29, 0.717) is 28.4 Å². The second-order valence-electron chi connectivity index (χ2n) is 4.30. The number of furan rings is 1. The molecule has 1 aliphatic rings. The van der Waals surface area contributed by atoms with E-state index in [2.05, 4.69) is 9.99 Å². The molecule has 4 nitrogen and oxygen atoms in total. The Kier molecular flexibility index (Phi) is 2.95. The number of benzene rings is 1. The lowest BCUT2D eigenvalue weighted by atomic mass is 10.1. The molecule has 0 unspecified atom stereocenters. The minimum absolute atomic E-state index is 0.333. The highest BCUT2D eigenvalue weighted by molar-refractivity contribution is 6.24. The fraction of sp³-hybridized carbons (Fsp3) is 0.0667. The number of nitrogens with zero attached hydrogens (tertiary/aromatic N) is 1. The molecule has 0 fully saturated rings. The molecule has 0 saturated heterocycles. The van der Waals surface area contributed by atoms with E-state index < -0.39 is 5.97 Å². The number of rotatable bonds is 2.